The van der Waals surface area contributed by atoms with Crippen molar-refractivity contribution in [2.24, 2.45) is 0 Å². The first kappa shape index (κ1) is 19.7. The number of benzene rings is 2. The predicted octanol–water partition coefficient (Wildman–Crippen LogP) is 3.83. The van der Waals surface area contributed by atoms with Crippen molar-refractivity contribution in [2.45, 2.75) is 38.6 Å². The van der Waals surface area contributed by atoms with Gasteiger partial charge in [-0.3, -0.25) is 4.90 Å². The molecule has 5 heteroatoms. The molecule has 152 valence electrons. The largest absolute Gasteiger partial charge is 0.492 e. The summed E-state index contributed by atoms with van der Waals surface area (Å²) in [6.07, 6.45) is 1.02. The molecule has 1 aliphatic heterocycles. The second-order valence-corrected chi connectivity index (χ2v) is 7.49. The zero-order valence-electron chi connectivity index (χ0n) is 16.5. The van der Waals surface area contributed by atoms with Crippen LogP contribution in [0.15, 0.2) is 65.1 Å². The van der Waals surface area contributed by atoms with Gasteiger partial charge in [-0.15, -0.1) is 0 Å². The molecule has 0 saturated heterocycles. The molecule has 2 N–H and O–H groups in total. The van der Waals surface area contributed by atoms with E-state index in [9.17, 15) is 10.2 Å². The van der Waals surface area contributed by atoms with Crippen molar-refractivity contribution < 1.29 is 19.4 Å². The van der Waals surface area contributed by atoms with Crippen molar-refractivity contribution in [3.63, 3.8) is 0 Å². The lowest BCUT2D eigenvalue weighted by molar-refractivity contribution is 0.167. The van der Waals surface area contributed by atoms with Gasteiger partial charge in [0.2, 0.25) is 0 Å². The second-order valence-electron chi connectivity index (χ2n) is 7.49. The monoisotopic (exact) mass is 393 g/mol. The van der Waals surface area contributed by atoms with Gasteiger partial charge in [-0.25, -0.2) is 0 Å². The first-order valence-corrected chi connectivity index (χ1v) is 10.1. The molecule has 1 aromatic heterocycles. The van der Waals surface area contributed by atoms with Crippen LogP contribution in [-0.4, -0.2) is 28.3 Å². The molecule has 29 heavy (non-hydrogen) atoms. The number of ether oxygens (including phenoxy) is 1. The number of hydrogen-bond acceptors (Lipinski definition) is 5. The number of furan rings is 1. The molecular weight excluding hydrogens is 366 g/mol. The molecule has 0 unspecified atom stereocenters. The minimum absolute atomic E-state index is 0.0871. The highest BCUT2D eigenvalue weighted by molar-refractivity contribution is 5.38. The van der Waals surface area contributed by atoms with E-state index in [1.165, 1.54) is 5.56 Å². The fourth-order valence-electron chi connectivity index (χ4n) is 3.74. The molecule has 0 aliphatic carbocycles. The van der Waals surface area contributed by atoms with Gasteiger partial charge in [-0.1, -0.05) is 36.4 Å². The third kappa shape index (κ3) is 5.07. The van der Waals surface area contributed by atoms with Crippen LogP contribution in [0.4, 0.5) is 0 Å². The summed E-state index contributed by atoms with van der Waals surface area (Å²) in [5, 5.41) is 19.9. The average Bonchev–Trinajstić information content (AvgIpc) is 3.11. The topological polar surface area (TPSA) is 66.1 Å². The van der Waals surface area contributed by atoms with E-state index in [2.05, 4.69) is 23.1 Å². The molecule has 1 aliphatic rings. The van der Waals surface area contributed by atoms with E-state index in [1.54, 1.807) is 6.07 Å². The third-order valence-corrected chi connectivity index (χ3v) is 5.33. The summed E-state index contributed by atoms with van der Waals surface area (Å²) in [5.74, 6) is 2.29. The molecule has 3 aromatic rings. The summed E-state index contributed by atoms with van der Waals surface area (Å²) in [6, 6.07) is 19.9. The standard InChI is InChI=1S/C24H27NO4/c26-17-22-9-8-21(29-22)16-25-12-13-28-24-11-7-19(14-20(24)15-25)23(27)10-6-18-4-2-1-3-5-18/h1-5,7-9,11,14,23,26-27H,6,10,12-13,15-17H2/t23-/m0/s1. The molecule has 0 saturated carbocycles. The zero-order valence-corrected chi connectivity index (χ0v) is 16.5. The third-order valence-electron chi connectivity index (χ3n) is 5.33. The highest BCUT2D eigenvalue weighted by Gasteiger charge is 2.19. The highest BCUT2D eigenvalue weighted by atomic mass is 16.5. The maximum absolute atomic E-state index is 10.7. The molecule has 1 atom stereocenters. The van der Waals surface area contributed by atoms with Crippen LogP contribution in [0.3, 0.4) is 0 Å². The van der Waals surface area contributed by atoms with Crippen LogP contribution < -0.4 is 4.74 Å². The number of rotatable bonds is 7. The molecular formula is C24H27NO4. The smallest absolute Gasteiger partial charge is 0.129 e. The number of nitrogens with zero attached hydrogens (tertiary/aromatic N) is 1. The highest BCUT2D eigenvalue weighted by Crippen LogP contribution is 2.29. The Morgan fingerprint density at radius 2 is 1.83 bits per heavy atom. The quantitative estimate of drug-likeness (QED) is 0.639. The van der Waals surface area contributed by atoms with Crippen molar-refractivity contribution in [3.8, 4) is 5.75 Å². The van der Waals surface area contributed by atoms with Crippen LogP contribution in [0.25, 0.3) is 0 Å². The molecule has 0 amide bonds. The van der Waals surface area contributed by atoms with Crippen molar-refractivity contribution in [3.05, 3.63) is 88.9 Å². The minimum Gasteiger partial charge on any atom is -0.492 e. The van der Waals surface area contributed by atoms with E-state index in [1.807, 2.05) is 36.4 Å². The Morgan fingerprint density at radius 3 is 2.62 bits per heavy atom. The number of aliphatic hydroxyl groups is 2. The minimum atomic E-state index is -0.505. The number of aliphatic hydroxyl groups excluding tert-OH is 2. The number of fused-ring (bicyclic) bond motifs is 1. The van der Waals surface area contributed by atoms with Crippen LogP contribution in [0.5, 0.6) is 5.75 Å². The number of aryl methyl sites for hydroxylation is 1. The van der Waals surface area contributed by atoms with E-state index in [-0.39, 0.29) is 6.61 Å². The van der Waals surface area contributed by atoms with E-state index < -0.39 is 6.10 Å². The van der Waals surface area contributed by atoms with E-state index >= 15 is 0 Å². The molecule has 2 heterocycles. The summed E-state index contributed by atoms with van der Waals surface area (Å²) in [6.45, 7) is 2.69. The summed E-state index contributed by atoms with van der Waals surface area (Å²) in [7, 11) is 0. The molecule has 0 bridgehead atoms. The summed E-state index contributed by atoms with van der Waals surface area (Å²) < 4.78 is 11.5. The Labute approximate surface area is 171 Å². The van der Waals surface area contributed by atoms with E-state index in [4.69, 9.17) is 9.15 Å². The Balaban J connectivity index is 1.43. The summed E-state index contributed by atoms with van der Waals surface area (Å²) in [4.78, 5) is 2.26. The van der Waals surface area contributed by atoms with E-state index in [0.717, 1.165) is 42.1 Å². The lowest BCUT2D eigenvalue weighted by atomic mass is 9.99. The summed E-state index contributed by atoms with van der Waals surface area (Å²) in [5.41, 5.74) is 3.23. The maximum atomic E-state index is 10.7. The molecule has 0 spiro atoms. The Bertz CT molecular complexity index is 922. The van der Waals surface area contributed by atoms with Crippen molar-refractivity contribution in [2.75, 3.05) is 13.2 Å². The second kappa shape index (κ2) is 9.27. The van der Waals surface area contributed by atoms with Gasteiger partial charge in [0.05, 0.1) is 12.6 Å². The molecule has 5 nitrogen and oxygen atoms in total. The fourth-order valence-corrected chi connectivity index (χ4v) is 3.74. The van der Waals surface area contributed by atoms with Gasteiger partial charge in [0.1, 0.15) is 30.5 Å². The van der Waals surface area contributed by atoms with Crippen molar-refractivity contribution in [1.82, 2.24) is 4.90 Å². The molecule has 0 fully saturated rings. The van der Waals surface area contributed by atoms with Gasteiger partial charge < -0.3 is 19.4 Å². The van der Waals surface area contributed by atoms with Crippen LogP contribution in [0.2, 0.25) is 0 Å². The van der Waals surface area contributed by atoms with Crippen LogP contribution >= 0.6 is 0 Å². The van der Waals surface area contributed by atoms with Gasteiger partial charge in [-0.2, -0.15) is 0 Å². The number of hydrogen-bond donors (Lipinski definition) is 2. The van der Waals surface area contributed by atoms with Crippen molar-refractivity contribution in [1.29, 1.82) is 0 Å². The molecule has 4 rings (SSSR count). The van der Waals surface area contributed by atoms with Gasteiger partial charge in [0.25, 0.3) is 0 Å². The van der Waals surface area contributed by atoms with Gasteiger partial charge in [0, 0.05) is 18.7 Å². The molecule has 2 aromatic carbocycles. The zero-order chi connectivity index (χ0) is 20.1. The average molecular weight is 393 g/mol. The fraction of sp³-hybridized carbons (Fsp3) is 0.333. The summed E-state index contributed by atoms with van der Waals surface area (Å²) >= 11 is 0. The maximum Gasteiger partial charge on any atom is 0.129 e. The Morgan fingerprint density at radius 1 is 1.00 bits per heavy atom. The van der Waals surface area contributed by atoms with E-state index in [0.29, 0.717) is 25.3 Å². The van der Waals surface area contributed by atoms with Gasteiger partial charge >= 0.3 is 0 Å². The Kier molecular flexibility index (Phi) is 6.30. The Hall–Kier alpha value is -2.60. The van der Waals surface area contributed by atoms with Gasteiger partial charge in [0.15, 0.2) is 0 Å². The van der Waals surface area contributed by atoms with Crippen LogP contribution in [0.1, 0.15) is 40.7 Å². The van der Waals surface area contributed by atoms with Crippen molar-refractivity contribution >= 4 is 0 Å². The van der Waals surface area contributed by atoms with Crippen LogP contribution in [-0.2, 0) is 26.1 Å². The first-order chi connectivity index (χ1) is 14.2. The lowest BCUT2D eigenvalue weighted by Gasteiger charge is -2.18. The SMILES string of the molecule is OCc1ccc(CN2CCOc3ccc([C@@H](O)CCc4ccccc4)cc3C2)o1. The molecule has 0 radical (unpaired) electrons. The lowest BCUT2D eigenvalue weighted by Crippen LogP contribution is -2.25. The predicted molar refractivity (Wildman–Crippen MR) is 110 cm³/mol. The van der Waals surface area contributed by atoms with Crippen LogP contribution in [0, 0.1) is 0 Å². The van der Waals surface area contributed by atoms with Gasteiger partial charge in [-0.05, 0) is 48.2 Å². The normalized spacial score (nSPS) is 15.4. The first-order valence-electron chi connectivity index (χ1n) is 10.1.